The molecule has 1 aromatic heterocycles. The Morgan fingerprint density at radius 1 is 1.20 bits per heavy atom. The van der Waals surface area contributed by atoms with Gasteiger partial charge in [0.25, 0.3) is 6.01 Å². The molecule has 0 bridgehead atoms. The van der Waals surface area contributed by atoms with E-state index in [2.05, 4.69) is 10.3 Å². The molecular weight excluding hydrogens is 256 g/mol. The van der Waals surface area contributed by atoms with Crippen LogP contribution in [0.1, 0.15) is 16.2 Å². The number of aromatic carboxylic acids is 1. The van der Waals surface area contributed by atoms with Gasteiger partial charge in [-0.2, -0.15) is 4.98 Å². The molecule has 0 saturated heterocycles. The lowest BCUT2D eigenvalue weighted by Gasteiger charge is -2.06. The maximum atomic E-state index is 10.9. The fourth-order valence-corrected chi connectivity index (χ4v) is 2.10. The maximum Gasteiger partial charge on any atom is 0.373 e. The molecule has 20 heavy (non-hydrogen) atoms. The Labute approximate surface area is 114 Å². The molecule has 2 aromatic carbocycles. The molecule has 3 aromatic rings. The lowest BCUT2D eigenvalue weighted by atomic mass is 10.1. The summed E-state index contributed by atoms with van der Waals surface area (Å²) in [5.74, 6) is -1.27. The van der Waals surface area contributed by atoms with Crippen LogP contribution in [0.15, 0.2) is 46.9 Å². The molecule has 100 valence electrons. The van der Waals surface area contributed by atoms with Crippen LogP contribution in [0, 0.1) is 6.92 Å². The highest BCUT2D eigenvalue weighted by atomic mass is 16.4. The largest absolute Gasteiger partial charge is 0.475 e. The third-order valence-electron chi connectivity index (χ3n) is 3.02. The molecule has 5 nitrogen and oxygen atoms in total. The van der Waals surface area contributed by atoms with Crippen molar-refractivity contribution in [3.05, 3.63) is 53.9 Å². The van der Waals surface area contributed by atoms with Gasteiger partial charge in [-0.05, 0) is 18.4 Å². The first kappa shape index (κ1) is 12.2. The lowest BCUT2D eigenvalue weighted by molar-refractivity contribution is 0.0662. The third-order valence-corrected chi connectivity index (χ3v) is 3.02. The highest BCUT2D eigenvalue weighted by molar-refractivity contribution is 5.95. The standard InChI is InChI=1S/C15H12N2O3/c1-9-13(14(18)19)20-15(16-9)17-12-8-4-6-10-5-2-3-7-11(10)12/h2-8H,1H3,(H,16,17)(H,18,19). The van der Waals surface area contributed by atoms with Crippen LogP contribution in [0.25, 0.3) is 10.8 Å². The number of aromatic nitrogens is 1. The van der Waals surface area contributed by atoms with Crippen LogP contribution in [-0.4, -0.2) is 16.1 Å². The summed E-state index contributed by atoms with van der Waals surface area (Å²) in [5.41, 5.74) is 1.17. The summed E-state index contributed by atoms with van der Waals surface area (Å²) in [7, 11) is 0. The molecule has 0 amide bonds. The number of carboxylic acid groups (broad SMARTS) is 1. The van der Waals surface area contributed by atoms with E-state index in [1.54, 1.807) is 6.92 Å². The van der Waals surface area contributed by atoms with Crippen molar-refractivity contribution in [1.29, 1.82) is 0 Å². The normalized spacial score (nSPS) is 10.7. The zero-order valence-electron chi connectivity index (χ0n) is 10.8. The molecule has 0 aliphatic rings. The van der Waals surface area contributed by atoms with Crippen molar-refractivity contribution in [2.75, 3.05) is 5.32 Å². The molecule has 0 unspecified atom stereocenters. The number of aryl methyl sites for hydroxylation is 1. The number of benzene rings is 2. The summed E-state index contributed by atoms with van der Waals surface area (Å²) in [5, 5.41) is 14.1. The number of hydrogen-bond donors (Lipinski definition) is 2. The van der Waals surface area contributed by atoms with Crippen LogP contribution in [-0.2, 0) is 0 Å². The van der Waals surface area contributed by atoms with Crippen molar-refractivity contribution in [1.82, 2.24) is 4.98 Å². The van der Waals surface area contributed by atoms with Gasteiger partial charge in [-0.3, -0.25) is 0 Å². The van der Waals surface area contributed by atoms with Gasteiger partial charge >= 0.3 is 5.97 Å². The topological polar surface area (TPSA) is 75.4 Å². The highest BCUT2D eigenvalue weighted by Crippen LogP contribution is 2.26. The Kier molecular flexibility index (Phi) is 2.87. The molecule has 3 rings (SSSR count). The second-order valence-corrected chi connectivity index (χ2v) is 4.39. The van der Waals surface area contributed by atoms with E-state index in [1.165, 1.54) is 0 Å². The molecule has 0 radical (unpaired) electrons. The summed E-state index contributed by atoms with van der Waals surface area (Å²) in [6, 6.07) is 13.9. The zero-order chi connectivity index (χ0) is 14.1. The minimum absolute atomic E-state index is 0.146. The Morgan fingerprint density at radius 2 is 1.95 bits per heavy atom. The van der Waals surface area contributed by atoms with Gasteiger partial charge in [-0.1, -0.05) is 36.4 Å². The summed E-state index contributed by atoms with van der Waals surface area (Å²) >= 11 is 0. The SMILES string of the molecule is Cc1nc(Nc2cccc3ccccc23)oc1C(=O)O. The predicted molar refractivity (Wildman–Crippen MR) is 75.4 cm³/mol. The summed E-state index contributed by atoms with van der Waals surface area (Å²) < 4.78 is 5.21. The molecule has 0 aliphatic heterocycles. The minimum atomic E-state index is -1.12. The fraction of sp³-hybridized carbons (Fsp3) is 0.0667. The number of carbonyl (C=O) groups is 1. The second-order valence-electron chi connectivity index (χ2n) is 4.39. The quantitative estimate of drug-likeness (QED) is 0.759. The van der Waals surface area contributed by atoms with Gasteiger partial charge in [0.15, 0.2) is 0 Å². The fourth-order valence-electron chi connectivity index (χ4n) is 2.10. The van der Waals surface area contributed by atoms with E-state index >= 15 is 0 Å². The molecule has 0 fully saturated rings. The van der Waals surface area contributed by atoms with Crippen molar-refractivity contribution < 1.29 is 14.3 Å². The van der Waals surface area contributed by atoms with Crippen LogP contribution in [0.5, 0.6) is 0 Å². The van der Waals surface area contributed by atoms with Gasteiger partial charge < -0.3 is 14.8 Å². The number of oxazole rings is 1. The average molecular weight is 268 g/mol. The second kappa shape index (κ2) is 4.70. The monoisotopic (exact) mass is 268 g/mol. The molecule has 0 aliphatic carbocycles. The summed E-state index contributed by atoms with van der Waals surface area (Å²) in [6.45, 7) is 1.60. The smallest absolute Gasteiger partial charge is 0.373 e. The van der Waals surface area contributed by atoms with Gasteiger partial charge in [0, 0.05) is 5.39 Å². The van der Waals surface area contributed by atoms with Crippen molar-refractivity contribution >= 4 is 28.4 Å². The molecule has 0 atom stereocenters. The first-order valence-corrected chi connectivity index (χ1v) is 6.10. The Balaban J connectivity index is 2.01. The number of fused-ring (bicyclic) bond motifs is 1. The zero-order valence-corrected chi connectivity index (χ0v) is 10.8. The van der Waals surface area contributed by atoms with E-state index in [-0.39, 0.29) is 11.8 Å². The van der Waals surface area contributed by atoms with E-state index in [9.17, 15) is 4.79 Å². The molecule has 0 saturated carbocycles. The van der Waals surface area contributed by atoms with E-state index in [4.69, 9.17) is 9.52 Å². The maximum absolute atomic E-state index is 10.9. The van der Waals surface area contributed by atoms with Crippen LogP contribution in [0.2, 0.25) is 0 Å². The predicted octanol–water partition coefficient (Wildman–Crippen LogP) is 3.58. The van der Waals surface area contributed by atoms with Crippen LogP contribution < -0.4 is 5.32 Å². The van der Waals surface area contributed by atoms with E-state index < -0.39 is 5.97 Å². The van der Waals surface area contributed by atoms with Crippen molar-refractivity contribution in [3.63, 3.8) is 0 Å². The average Bonchev–Trinajstić information content (AvgIpc) is 2.80. The number of anilines is 2. The number of rotatable bonds is 3. The van der Waals surface area contributed by atoms with Gasteiger partial charge in [0.1, 0.15) is 0 Å². The number of nitrogens with zero attached hydrogens (tertiary/aromatic N) is 1. The van der Waals surface area contributed by atoms with Gasteiger partial charge in [0.05, 0.1) is 11.4 Å². The van der Waals surface area contributed by atoms with Crippen LogP contribution in [0.4, 0.5) is 11.7 Å². The van der Waals surface area contributed by atoms with Crippen molar-refractivity contribution in [2.45, 2.75) is 6.92 Å². The van der Waals surface area contributed by atoms with E-state index in [0.717, 1.165) is 16.5 Å². The van der Waals surface area contributed by atoms with Crippen molar-refractivity contribution in [3.8, 4) is 0 Å². The van der Waals surface area contributed by atoms with Crippen LogP contribution in [0.3, 0.4) is 0 Å². The van der Waals surface area contributed by atoms with Gasteiger partial charge in [-0.15, -0.1) is 0 Å². The molecule has 2 N–H and O–H groups in total. The Hall–Kier alpha value is -2.82. The molecule has 5 heteroatoms. The van der Waals surface area contributed by atoms with Gasteiger partial charge in [-0.25, -0.2) is 4.79 Å². The Morgan fingerprint density at radius 3 is 2.70 bits per heavy atom. The van der Waals surface area contributed by atoms with Crippen LogP contribution >= 0.6 is 0 Å². The first-order chi connectivity index (χ1) is 9.65. The molecule has 0 spiro atoms. The number of hydrogen-bond acceptors (Lipinski definition) is 4. The lowest BCUT2D eigenvalue weighted by Crippen LogP contribution is -1.95. The summed E-state index contributed by atoms with van der Waals surface area (Å²) in [6.07, 6.45) is 0. The third kappa shape index (κ3) is 2.09. The van der Waals surface area contributed by atoms with Crippen molar-refractivity contribution in [2.24, 2.45) is 0 Å². The van der Waals surface area contributed by atoms with E-state index in [1.807, 2.05) is 42.5 Å². The summed E-state index contributed by atoms with van der Waals surface area (Å²) in [4.78, 5) is 15.0. The first-order valence-electron chi connectivity index (χ1n) is 6.10. The highest BCUT2D eigenvalue weighted by Gasteiger charge is 2.16. The number of nitrogens with one attached hydrogen (secondary N) is 1. The Bertz CT molecular complexity index is 787. The minimum Gasteiger partial charge on any atom is -0.475 e. The van der Waals surface area contributed by atoms with E-state index in [0.29, 0.717) is 5.69 Å². The number of carboxylic acids is 1. The van der Waals surface area contributed by atoms with Gasteiger partial charge in [0.2, 0.25) is 5.76 Å². The molecular formula is C15H12N2O3. The molecule has 1 heterocycles.